The van der Waals surface area contributed by atoms with Gasteiger partial charge in [0.2, 0.25) is 5.91 Å². The molecular weight excluding hydrogens is 420 g/mol. The van der Waals surface area contributed by atoms with Crippen LogP contribution in [0.4, 0.5) is 14.5 Å². The van der Waals surface area contributed by atoms with E-state index in [1.54, 1.807) is 18.2 Å². The highest BCUT2D eigenvalue weighted by molar-refractivity contribution is 5.82. The summed E-state index contributed by atoms with van der Waals surface area (Å²) in [4.78, 5) is 18.0. The van der Waals surface area contributed by atoms with E-state index >= 15 is 0 Å². The van der Waals surface area contributed by atoms with Crippen LogP contribution < -0.4 is 10.2 Å². The zero-order valence-electron chi connectivity index (χ0n) is 18.4. The molecule has 1 saturated heterocycles. The summed E-state index contributed by atoms with van der Waals surface area (Å²) in [5.41, 5.74) is 3.91. The first-order chi connectivity index (χ1) is 16.1. The lowest BCUT2D eigenvalue weighted by atomic mass is 9.83. The van der Waals surface area contributed by atoms with E-state index in [-0.39, 0.29) is 36.0 Å². The number of halogens is 2. The summed E-state index contributed by atoms with van der Waals surface area (Å²) in [6.45, 7) is 3.32. The van der Waals surface area contributed by atoms with E-state index in [2.05, 4.69) is 27.2 Å². The Morgan fingerprint density at radius 3 is 2.52 bits per heavy atom. The second-order valence-electron chi connectivity index (χ2n) is 8.87. The fraction of sp³-hybridized carbons (Fsp3) is 0.296. The van der Waals surface area contributed by atoms with Gasteiger partial charge >= 0.3 is 0 Å². The third-order valence-corrected chi connectivity index (χ3v) is 6.78. The molecule has 170 valence electrons. The average Bonchev–Trinajstić information content (AvgIpc) is 2.84. The molecule has 0 radical (unpaired) electrons. The van der Waals surface area contributed by atoms with Crippen molar-refractivity contribution in [2.75, 3.05) is 24.5 Å². The fourth-order valence-electron chi connectivity index (χ4n) is 5.06. The minimum absolute atomic E-state index is 0.0229. The molecule has 0 aliphatic carbocycles. The number of carbonyl (C=O) groups excluding carboxylic acids is 1. The summed E-state index contributed by atoms with van der Waals surface area (Å²) in [5, 5.41) is 2.98. The van der Waals surface area contributed by atoms with Gasteiger partial charge in [-0.3, -0.25) is 9.69 Å². The minimum atomic E-state index is -0.309. The van der Waals surface area contributed by atoms with Gasteiger partial charge in [-0.2, -0.15) is 0 Å². The first-order valence-corrected chi connectivity index (χ1v) is 11.4. The van der Waals surface area contributed by atoms with Gasteiger partial charge in [0.15, 0.2) is 0 Å². The van der Waals surface area contributed by atoms with Gasteiger partial charge in [0.25, 0.3) is 0 Å². The number of carbonyl (C=O) groups is 1. The molecule has 5 rings (SSSR count). The molecule has 1 fully saturated rings. The lowest BCUT2D eigenvalue weighted by molar-refractivity contribution is -0.126. The summed E-state index contributed by atoms with van der Waals surface area (Å²) in [6.07, 6.45) is 0.658. The number of para-hydroxylation sites is 1. The van der Waals surface area contributed by atoms with Crippen molar-refractivity contribution in [1.29, 1.82) is 0 Å². The Bertz CT molecular complexity index is 1130. The Balaban J connectivity index is 1.35. The fourth-order valence-corrected chi connectivity index (χ4v) is 5.06. The zero-order chi connectivity index (χ0) is 22.8. The van der Waals surface area contributed by atoms with Crippen molar-refractivity contribution in [2.45, 2.75) is 25.6 Å². The SMILES string of the molecule is O=C(NCc1ccccc1F)C1Cc2ccccc2N2CCN(Cc3ccc(F)cc3)CC12. The van der Waals surface area contributed by atoms with E-state index in [1.807, 2.05) is 24.3 Å². The van der Waals surface area contributed by atoms with Gasteiger partial charge in [0, 0.05) is 44.0 Å². The van der Waals surface area contributed by atoms with E-state index in [0.29, 0.717) is 12.0 Å². The number of anilines is 1. The number of hydrogen-bond donors (Lipinski definition) is 1. The normalized spacial score (nSPS) is 20.1. The van der Waals surface area contributed by atoms with Crippen LogP contribution in [0.5, 0.6) is 0 Å². The standard InChI is InChI=1S/C27H27F2N3O/c28-22-11-9-19(10-12-22)17-31-13-14-32-25-8-4-2-5-20(25)15-23(26(32)18-31)27(33)30-16-21-6-1-3-7-24(21)29/h1-12,23,26H,13-18H2,(H,30,33). The van der Waals surface area contributed by atoms with Crippen LogP contribution in [0.3, 0.4) is 0 Å². The summed E-state index contributed by atoms with van der Waals surface area (Å²) in [5.74, 6) is -0.829. The number of amides is 1. The molecule has 2 heterocycles. The van der Waals surface area contributed by atoms with E-state index in [0.717, 1.165) is 31.7 Å². The molecule has 0 bridgehead atoms. The van der Waals surface area contributed by atoms with Gasteiger partial charge in [-0.25, -0.2) is 8.78 Å². The average molecular weight is 448 g/mol. The summed E-state index contributed by atoms with van der Waals surface area (Å²) in [6, 6.07) is 21.4. The summed E-state index contributed by atoms with van der Waals surface area (Å²) in [7, 11) is 0. The quantitative estimate of drug-likeness (QED) is 0.639. The largest absolute Gasteiger partial charge is 0.365 e. The number of fused-ring (bicyclic) bond motifs is 3. The molecule has 1 N–H and O–H groups in total. The number of nitrogens with zero attached hydrogens (tertiary/aromatic N) is 2. The van der Waals surface area contributed by atoms with Crippen molar-refractivity contribution in [3.05, 3.63) is 101 Å². The number of rotatable bonds is 5. The van der Waals surface area contributed by atoms with Crippen molar-refractivity contribution in [2.24, 2.45) is 5.92 Å². The molecule has 4 nitrogen and oxygen atoms in total. The number of benzene rings is 3. The lowest BCUT2D eigenvalue weighted by Gasteiger charge is -2.49. The molecule has 1 amide bonds. The molecule has 2 atom stereocenters. The highest BCUT2D eigenvalue weighted by atomic mass is 19.1. The van der Waals surface area contributed by atoms with Crippen molar-refractivity contribution in [1.82, 2.24) is 10.2 Å². The second-order valence-corrected chi connectivity index (χ2v) is 8.87. The van der Waals surface area contributed by atoms with E-state index in [1.165, 1.54) is 29.4 Å². The molecule has 2 aliphatic heterocycles. The monoisotopic (exact) mass is 447 g/mol. The van der Waals surface area contributed by atoms with Crippen LogP contribution in [-0.4, -0.2) is 36.5 Å². The first-order valence-electron chi connectivity index (χ1n) is 11.4. The van der Waals surface area contributed by atoms with Crippen molar-refractivity contribution in [3.63, 3.8) is 0 Å². The van der Waals surface area contributed by atoms with Crippen LogP contribution in [0, 0.1) is 17.6 Å². The molecule has 0 saturated carbocycles. The maximum absolute atomic E-state index is 14.0. The number of hydrogen-bond acceptors (Lipinski definition) is 3. The molecular formula is C27H27F2N3O. The third kappa shape index (κ3) is 4.62. The van der Waals surface area contributed by atoms with Gasteiger partial charge in [-0.05, 0) is 41.8 Å². The number of nitrogens with one attached hydrogen (secondary N) is 1. The van der Waals surface area contributed by atoms with Gasteiger partial charge in [0.1, 0.15) is 11.6 Å². The zero-order valence-corrected chi connectivity index (χ0v) is 18.4. The molecule has 2 unspecified atom stereocenters. The maximum atomic E-state index is 14.0. The number of piperazine rings is 1. The topological polar surface area (TPSA) is 35.6 Å². The van der Waals surface area contributed by atoms with Crippen LogP contribution in [0.1, 0.15) is 16.7 Å². The second kappa shape index (κ2) is 9.32. The smallest absolute Gasteiger partial charge is 0.225 e. The minimum Gasteiger partial charge on any atom is -0.365 e. The van der Waals surface area contributed by atoms with Gasteiger partial charge in [-0.15, -0.1) is 0 Å². The molecule has 3 aromatic rings. The van der Waals surface area contributed by atoms with Gasteiger partial charge < -0.3 is 10.2 Å². The Labute approximate surface area is 192 Å². The predicted octanol–water partition coefficient (Wildman–Crippen LogP) is 4.14. The Morgan fingerprint density at radius 1 is 0.939 bits per heavy atom. The predicted molar refractivity (Wildman–Crippen MR) is 125 cm³/mol. The molecule has 33 heavy (non-hydrogen) atoms. The van der Waals surface area contributed by atoms with Crippen molar-refractivity contribution >= 4 is 11.6 Å². The molecule has 0 aromatic heterocycles. The van der Waals surface area contributed by atoms with Crippen LogP contribution in [0.15, 0.2) is 72.8 Å². The van der Waals surface area contributed by atoms with E-state index in [9.17, 15) is 13.6 Å². The van der Waals surface area contributed by atoms with Crippen LogP contribution >= 0.6 is 0 Å². The summed E-state index contributed by atoms with van der Waals surface area (Å²) < 4.78 is 27.3. The first kappa shape index (κ1) is 21.6. The Hall–Kier alpha value is -3.25. The highest BCUT2D eigenvalue weighted by Gasteiger charge is 2.41. The Morgan fingerprint density at radius 2 is 1.70 bits per heavy atom. The van der Waals surface area contributed by atoms with Crippen molar-refractivity contribution in [3.8, 4) is 0 Å². The van der Waals surface area contributed by atoms with E-state index < -0.39 is 0 Å². The van der Waals surface area contributed by atoms with Gasteiger partial charge in [0.05, 0.1) is 12.0 Å². The highest BCUT2D eigenvalue weighted by Crippen LogP contribution is 2.36. The molecule has 3 aromatic carbocycles. The third-order valence-electron chi connectivity index (χ3n) is 6.78. The molecule has 0 spiro atoms. The van der Waals surface area contributed by atoms with Crippen LogP contribution in [-0.2, 0) is 24.3 Å². The van der Waals surface area contributed by atoms with E-state index in [4.69, 9.17) is 0 Å². The Kier molecular flexibility index (Phi) is 6.09. The molecule has 6 heteroatoms. The van der Waals surface area contributed by atoms with Crippen LogP contribution in [0.2, 0.25) is 0 Å². The van der Waals surface area contributed by atoms with Crippen molar-refractivity contribution < 1.29 is 13.6 Å². The summed E-state index contributed by atoms with van der Waals surface area (Å²) >= 11 is 0. The maximum Gasteiger partial charge on any atom is 0.225 e. The van der Waals surface area contributed by atoms with Gasteiger partial charge in [-0.1, -0.05) is 48.5 Å². The lowest BCUT2D eigenvalue weighted by Crippen LogP contribution is -2.60. The van der Waals surface area contributed by atoms with Crippen LogP contribution in [0.25, 0.3) is 0 Å². The molecule has 2 aliphatic rings.